The van der Waals surface area contributed by atoms with E-state index in [2.05, 4.69) is 0 Å². The van der Waals surface area contributed by atoms with Crippen LogP contribution in [0.15, 0.2) is 29.2 Å². The van der Waals surface area contributed by atoms with Gasteiger partial charge in [0.05, 0.1) is 17.1 Å². The third-order valence-electron chi connectivity index (χ3n) is 2.26. The molecule has 19 heavy (non-hydrogen) atoms. The number of hydrogen-bond acceptors (Lipinski definition) is 5. The summed E-state index contributed by atoms with van der Waals surface area (Å²) in [4.78, 5) is 11.7. The third kappa shape index (κ3) is 4.98. The van der Waals surface area contributed by atoms with Gasteiger partial charge in [0, 0.05) is 6.61 Å². The van der Waals surface area contributed by atoms with Gasteiger partial charge in [-0.3, -0.25) is 0 Å². The molecule has 0 spiro atoms. The van der Waals surface area contributed by atoms with E-state index in [0.29, 0.717) is 6.61 Å². The first-order chi connectivity index (χ1) is 8.84. The van der Waals surface area contributed by atoms with Crippen molar-refractivity contribution in [3.63, 3.8) is 0 Å². The number of sulfonamides is 1. The minimum absolute atomic E-state index is 0.126. The number of carbonyl (C=O) groups is 1. The summed E-state index contributed by atoms with van der Waals surface area (Å²) in [7, 11) is -3.83. The second kappa shape index (κ2) is 6.65. The zero-order valence-corrected chi connectivity index (χ0v) is 11.6. The number of carbonyl (C=O) groups excluding carboxylic acids is 1. The molecule has 1 unspecified atom stereocenters. The van der Waals surface area contributed by atoms with Gasteiger partial charge < -0.3 is 9.47 Å². The monoisotopic (exact) mass is 287 g/mol. The summed E-state index contributed by atoms with van der Waals surface area (Å²) in [6.07, 6.45) is -0.411. The molecule has 6 nitrogen and oxygen atoms in total. The molecule has 0 bridgehead atoms. The highest BCUT2D eigenvalue weighted by atomic mass is 32.2. The first-order valence-corrected chi connectivity index (χ1v) is 7.30. The fourth-order valence-electron chi connectivity index (χ4n) is 1.37. The molecule has 1 atom stereocenters. The van der Waals surface area contributed by atoms with Crippen LogP contribution in [0, 0.1) is 0 Å². The van der Waals surface area contributed by atoms with E-state index in [1.165, 1.54) is 24.3 Å². The van der Waals surface area contributed by atoms with Crippen LogP contribution < -0.4 is 5.14 Å². The number of hydrogen-bond donors (Lipinski definition) is 1. The summed E-state index contributed by atoms with van der Waals surface area (Å²) >= 11 is 0. The molecular formula is C12H17NO5S. The molecule has 0 heterocycles. The predicted molar refractivity (Wildman–Crippen MR) is 69.2 cm³/mol. The Labute approximate surface area is 112 Å². The van der Waals surface area contributed by atoms with E-state index in [-0.39, 0.29) is 17.1 Å². The third-order valence-corrected chi connectivity index (χ3v) is 3.17. The van der Waals surface area contributed by atoms with Crippen molar-refractivity contribution in [3.8, 4) is 0 Å². The van der Waals surface area contributed by atoms with Gasteiger partial charge in [-0.2, -0.15) is 0 Å². The molecule has 1 rings (SSSR count). The molecule has 0 saturated carbocycles. The highest BCUT2D eigenvalue weighted by molar-refractivity contribution is 7.89. The normalized spacial score (nSPS) is 13.0. The Hall–Kier alpha value is -1.44. The van der Waals surface area contributed by atoms with Gasteiger partial charge in [-0.15, -0.1) is 0 Å². The largest absolute Gasteiger partial charge is 0.457 e. The van der Waals surface area contributed by atoms with Gasteiger partial charge in [0.15, 0.2) is 0 Å². The van der Waals surface area contributed by atoms with E-state index >= 15 is 0 Å². The van der Waals surface area contributed by atoms with Crippen molar-refractivity contribution in [1.29, 1.82) is 0 Å². The zero-order valence-electron chi connectivity index (χ0n) is 10.8. The average molecular weight is 287 g/mol. The smallest absolute Gasteiger partial charge is 0.338 e. The summed E-state index contributed by atoms with van der Waals surface area (Å²) in [5, 5.41) is 4.99. The van der Waals surface area contributed by atoms with E-state index in [4.69, 9.17) is 14.6 Å². The Morgan fingerprint density at radius 1 is 1.42 bits per heavy atom. The molecule has 0 aliphatic heterocycles. The Balaban J connectivity index is 2.78. The van der Waals surface area contributed by atoms with Crippen molar-refractivity contribution >= 4 is 16.0 Å². The molecule has 0 aliphatic carbocycles. The summed E-state index contributed by atoms with van der Waals surface area (Å²) in [6.45, 7) is 4.35. The van der Waals surface area contributed by atoms with Gasteiger partial charge in [0.1, 0.15) is 6.10 Å². The van der Waals surface area contributed by atoms with Crippen LogP contribution in [-0.4, -0.2) is 33.7 Å². The molecule has 106 valence electrons. The Bertz CT molecular complexity index is 541. The van der Waals surface area contributed by atoms with Crippen LogP contribution >= 0.6 is 0 Å². The number of primary sulfonamides is 1. The van der Waals surface area contributed by atoms with Crippen molar-refractivity contribution in [1.82, 2.24) is 0 Å². The van der Waals surface area contributed by atoms with Crippen LogP contribution in [0.25, 0.3) is 0 Å². The van der Waals surface area contributed by atoms with Crippen molar-refractivity contribution in [3.05, 3.63) is 29.8 Å². The van der Waals surface area contributed by atoms with Crippen molar-refractivity contribution in [2.24, 2.45) is 5.14 Å². The van der Waals surface area contributed by atoms with Gasteiger partial charge in [-0.1, -0.05) is 6.07 Å². The Kier molecular flexibility index (Phi) is 5.46. The van der Waals surface area contributed by atoms with Crippen LogP contribution in [0.5, 0.6) is 0 Å². The van der Waals surface area contributed by atoms with Gasteiger partial charge in [0.25, 0.3) is 0 Å². The molecule has 2 N–H and O–H groups in total. The predicted octanol–water partition coefficient (Wildman–Crippen LogP) is 0.916. The topological polar surface area (TPSA) is 95.7 Å². The van der Waals surface area contributed by atoms with Crippen molar-refractivity contribution < 1.29 is 22.7 Å². The second-order valence-electron chi connectivity index (χ2n) is 3.95. The minimum atomic E-state index is -3.83. The van der Waals surface area contributed by atoms with Gasteiger partial charge in [-0.05, 0) is 32.0 Å². The van der Waals surface area contributed by atoms with Crippen LogP contribution in [-0.2, 0) is 19.5 Å². The van der Waals surface area contributed by atoms with E-state index in [1.807, 2.05) is 6.92 Å². The molecule has 0 amide bonds. The molecule has 0 aromatic heterocycles. The van der Waals surface area contributed by atoms with E-state index < -0.39 is 22.1 Å². The van der Waals surface area contributed by atoms with Crippen LogP contribution in [0.3, 0.4) is 0 Å². The number of rotatable bonds is 6. The maximum Gasteiger partial charge on any atom is 0.338 e. The van der Waals surface area contributed by atoms with Crippen LogP contribution in [0.1, 0.15) is 24.2 Å². The van der Waals surface area contributed by atoms with Gasteiger partial charge in [0.2, 0.25) is 10.0 Å². The minimum Gasteiger partial charge on any atom is -0.457 e. The Morgan fingerprint density at radius 2 is 2.11 bits per heavy atom. The molecular weight excluding hydrogens is 270 g/mol. The van der Waals surface area contributed by atoms with Crippen molar-refractivity contribution in [2.45, 2.75) is 24.8 Å². The zero-order chi connectivity index (χ0) is 14.5. The fraction of sp³-hybridized carbons (Fsp3) is 0.417. The second-order valence-corrected chi connectivity index (χ2v) is 5.51. The summed E-state index contributed by atoms with van der Waals surface area (Å²) in [5.41, 5.74) is 0.134. The van der Waals surface area contributed by atoms with Crippen molar-refractivity contribution in [2.75, 3.05) is 13.2 Å². The summed E-state index contributed by atoms with van der Waals surface area (Å²) < 4.78 is 32.6. The van der Waals surface area contributed by atoms with Crippen LogP contribution in [0.4, 0.5) is 0 Å². The lowest BCUT2D eigenvalue weighted by atomic mass is 10.2. The number of nitrogens with two attached hydrogens (primary N) is 1. The number of benzene rings is 1. The summed E-state index contributed by atoms with van der Waals surface area (Å²) in [5.74, 6) is -0.613. The lowest BCUT2D eigenvalue weighted by molar-refractivity contribution is 0.00437. The SMILES string of the molecule is CCOCC(C)OC(=O)c1cccc(S(N)(=O)=O)c1. The molecule has 0 fully saturated rings. The van der Waals surface area contributed by atoms with E-state index in [1.54, 1.807) is 6.92 Å². The molecule has 1 aromatic carbocycles. The fourth-order valence-corrected chi connectivity index (χ4v) is 1.93. The average Bonchev–Trinajstić information content (AvgIpc) is 2.35. The summed E-state index contributed by atoms with van der Waals surface area (Å²) in [6, 6.07) is 5.40. The molecule has 0 aliphatic rings. The lowest BCUT2D eigenvalue weighted by Gasteiger charge is -2.13. The quantitative estimate of drug-likeness (QED) is 0.785. The highest BCUT2D eigenvalue weighted by Crippen LogP contribution is 2.11. The van der Waals surface area contributed by atoms with E-state index in [9.17, 15) is 13.2 Å². The maximum absolute atomic E-state index is 11.8. The molecule has 1 aromatic rings. The lowest BCUT2D eigenvalue weighted by Crippen LogP contribution is -2.21. The maximum atomic E-state index is 11.8. The van der Waals surface area contributed by atoms with Crippen LogP contribution in [0.2, 0.25) is 0 Å². The first-order valence-electron chi connectivity index (χ1n) is 5.76. The molecule has 7 heteroatoms. The first kappa shape index (κ1) is 15.6. The Morgan fingerprint density at radius 3 is 2.68 bits per heavy atom. The standard InChI is InChI=1S/C12H17NO5S/c1-3-17-8-9(2)18-12(14)10-5-4-6-11(7-10)19(13,15)16/h4-7,9H,3,8H2,1-2H3,(H2,13,15,16). The number of ether oxygens (including phenoxy) is 2. The van der Waals surface area contributed by atoms with Gasteiger partial charge >= 0.3 is 5.97 Å². The van der Waals surface area contributed by atoms with Gasteiger partial charge in [-0.25, -0.2) is 18.4 Å². The van der Waals surface area contributed by atoms with E-state index in [0.717, 1.165) is 0 Å². The highest BCUT2D eigenvalue weighted by Gasteiger charge is 2.15. The number of esters is 1. The molecule has 0 radical (unpaired) electrons. The molecule has 0 saturated heterocycles.